The summed E-state index contributed by atoms with van der Waals surface area (Å²) >= 11 is 3.25. The van der Waals surface area contributed by atoms with Crippen molar-refractivity contribution in [3.8, 4) is 0 Å². The van der Waals surface area contributed by atoms with Gasteiger partial charge in [-0.15, -0.1) is 0 Å². The van der Waals surface area contributed by atoms with Gasteiger partial charge in [-0.05, 0) is 18.2 Å². The molecule has 108 valence electrons. The lowest BCUT2D eigenvalue weighted by molar-refractivity contribution is -0.138. The number of hydrogen-bond acceptors (Lipinski definition) is 5. The van der Waals surface area contributed by atoms with Crippen molar-refractivity contribution in [1.29, 1.82) is 0 Å². The second kappa shape index (κ2) is 6.71. The Bertz CT molecular complexity index is 495. The standard InChI is InChI=1S/C13H15BrN2O4/c14-10-5-9(6-11(15)7-10)13(18)20-8-12(17)16-1-3-19-4-2-16/h5-7H,1-4,8,15H2. The zero-order valence-corrected chi connectivity index (χ0v) is 12.4. The van der Waals surface area contributed by atoms with E-state index >= 15 is 0 Å². The fraction of sp³-hybridized carbons (Fsp3) is 0.385. The summed E-state index contributed by atoms with van der Waals surface area (Å²) in [5.74, 6) is -0.788. The molecule has 0 spiro atoms. The summed E-state index contributed by atoms with van der Waals surface area (Å²) in [7, 11) is 0. The summed E-state index contributed by atoms with van der Waals surface area (Å²) in [4.78, 5) is 25.3. The molecular formula is C13H15BrN2O4. The van der Waals surface area contributed by atoms with Crippen molar-refractivity contribution in [1.82, 2.24) is 4.90 Å². The number of carbonyl (C=O) groups is 2. The molecule has 2 N–H and O–H groups in total. The molecule has 1 heterocycles. The summed E-state index contributed by atoms with van der Waals surface area (Å²) in [6, 6.07) is 4.78. The van der Waals surface area contributed by atoms with Gasteiger partial charge >= 0.3 is 5.97 Å². The van der Waals surface area contributed by atoms with Crippen LogP contribution < -0.4 is 5.73 Å². The molecule has 6 nitrogen and oxygen atoms in total. The van der Waals surface area contributed by atoms with Gasteiger partial charge in [0.25, 0.3) is 5.91 Å². The number of amides is 1. The lowest BCUT2D eigenvalue weighted by atomic mass is 10.2. The van der Waals surface area contributed by atoms with Crippen LogP contribution in [0.5, 0.6) is 0 Å². The summed E-state index contributed by atoms with van der Waals surface area (Å²) < 4.78 is 10.8. The molecule has 1 amide bonds. The maximum absolute atomic E-state index is 11.8. The number of carbonyl (C=O) groups excluding carboxylic acids is 2. The van der Waals surface area contributed by atoms with Crippen molar-refractivity contribution in [3.63, 3.8) is 0 Å². The minimum Gasteiger partial charge on any atom is -0.452 e. The van der Waals surface area contributed by atoms with E-state index in [4.69, 9.17) is 15.2 Å². The molecular weight excluding hydrogens is 328 g/mol. The first-order valence-electron chi connectivity index (χ1n) is 6.15. The average molecular weight is 343 g/mol. The van der Waals surface area contributed by atoms with Crippen LogP contribution in [-0.4, -0.2) is 49.7 Å². The molecule has 20 heavy (non-hydrogen) atoms. The van der Waals surface area contributed by atoms with E-state index in [1.54, 1.807) is 17.0 Å². The average Bonchev–Trinajstić information content (AvgIpc) is 2.44. The van der Waals surface area contributed by atoms with E-state index in [-0.39, 0.29) is 12.5 Å². The van der Waals surface area contributed by atoms with Crippen molar-refractivity contribution >= 4 is 33.5 Å². The van der Waals surface area contributed by atoms with E-state index < -0.39 is 5.97 Å². The van der Waals surface area contributed by atoms with Gasteiger partial charge in [-0.2, -0.15) is 0 Å². The molecule has 0 bridgehead atoms. The van der Waals surface area contributed by atoms with Gasteiger partial charge in [0.1, 0.15) is 0 Å². The van der Waals surface area contributed by atoms with Crippen molar-refractivity contribution in [2.45, 2.75) is 0 Å². The molecule has 1 fully saturated rings. The molecule has 0 saturated carbocycles. The monoisotopic (exact) mass is 342 g/mol. The number of nitrogens with zero attached hydrogens (tertiary/aromatic N) is 1. The van der Waals surface area contributed by atoms with E-state index in [0.29, 0.717) is 42.0 Å². The lowest BCUT2D eigenvalue weighted by Gasteiger charge is -2.26. The van der Waals surface area contributed by atoms with Crippen LogP contribution in [0.25, 0.3) is 0 Å². The van der Waals surface area contributed by atoms with Crippen molar-refractivity contribution < 1.29 is 19.1 Å². The fourth-order valence-electron chi connectivity index (χ4n) is 1.84. The molecule has 0 atom stereocenters. The Morgan fingerprint density at radius 1 is 1.30 bits per heavy atom. The van der Waals surface area contributed by atoms with Crippen LogP contribution in [0, 0.1) is 0 Å². The Hall–Kier alpha value is -1.60. The molecule has 0 unspecified atom stereocenters. The van der Waals surface area contributed by atoms with Gasteiger partial charge in [-0.3, -0.25) is 4.79 Å². The molecule has 1 aromatic carbocycles. The van der Waals surface area contributed by atoms with Gasteiger partial charge in [0.2, 0.25) is 0 Å². The number of benzene rings is 1. The van der Waals surface area contributed by atoms with Crippen LogP contribution in [0.2, 0.25) is 0 Å². The van der Waals surface area contributed by atoms with E-state index in [1.807, 2.05) is 0 Å². The van der Waals surface area contributed by atoms with Crippen LogP contribution in [0.4, 0.5) is 5.69 Å². The van der Waals surface area contributed by atoms with Crippen molar-refractivity contribution in [2.75, 3.05) is 38.6 Å². The lowest BCUT2D eigenvalue weighted by Crippen LogP contribution is -2.42. The molecule has 7 heteroatoms. The Labute approximate surface area is 124 Å². The minimum atomic E-state index is -0.570. The second-order valence-corrected chi connectivity index (χ2v) is 5.26. The van der Waals surface area contributed by atoms with Gasteiger partial charge in [0.05, 0.1) is 18.8 Å². The number of halogens is 1. The van der Waals surface area contributed by atoms with Gasteiger partial charge in [-0.25, -0.2) is 4.79 Å². The van der Waals surface area contributed by atoms with Crippen LogP contribution in [-0.2, 0) is 14.3 Å². The number of hydrogen-bond donors (Lipinski definition) is 1. The highest BCUT2D eigenvalue weighted by molar-refractivity contribution is 9.10. The third-order valence-corrected chi connectivity index (χ3v) is 3.30. The SMILES string of the molecule is Nc1cc(Br)cc(C(=O)OCC(=O)N2CCOCC2)c1. The Kier molecular flexibility index (Phi) is 4.97. The first-order chi connectivity index (χ1) is 9.56. The van der Waals surface area contributed by atoms with Crippen LogP contribution in [0.15, 0.2) is 22.7 Å². The fourth-order valence-corrected chi connectivity index (χ4v) is 2.36. The zero-order chi connectivity index (χ0) is 14.5. The number of rotatable bonds is 3. The van der Waals surface area contributed by atoms with E-state index in [9.17, 15) is 9.59 Å². The second-order valence-electron chi connectivity index (χ2n) is 4.34. The Balaban J connectivity index is 1.89. The quantitative estimate of drug-likeness (QED) is 0.655. The minimum absolute atomic E-state index is 0.218. The van der Waals surface area contributed by atoms with Gasteiger partial charge in [0.15, 0.2) is 6.61 Å². The molecule has 1 saturated heterocycles. The van der Waals surface area contributed by atoms with E-state index in [0.717, 1.165) is 0 Å². The number of nitrogens with two attached hydrogens (primary N) is 1. The maximum Gasteiger partial charge on any atom is 0.338 e. The van der Waals surface area contributed by atoms with Gasteiger partial charge < -0.3 is 20.1 Å². The number of anilines is 1. The molecule has 1 aliphatic rings. The third-order valence-electron chi connectivity index (χ3n) is 2.85. The smallest absolute Gasteiger partial charge is 0.338 e. The van der Waals surface area contributed by atoms with Gasteiger partial charge in [0, 0.05) is 23.2 Å². The summed E-state index contributed by atoms with van der Waals surface area (Å²) in [6.45, 7) is 1.81. The highest BCUT2D eigenvalue weighted by Crippen LogP contribution is 2.18. The van der Waals surface area contributed by atoms with Crippen LogP contribution >= 0.6 is 15.9 Å². The molecule has 1 aliphatic heterocycles. The molecule has 0 aliphatic carbocycles. The van der Waals surface area contributed by atoms with E-state index in [1.165, 1.54) is 6.07 Å². The molecule has 0 aromatic heterocycles. The normalized spacial score (nSPS) is 14.9. The first-order valence-corrected chi connectivity index (χ1v) is 6.94. The third kappa shape index (κ3) is 3.94. The molecule has 2 rings (SSSR count). The Morgan fingerprint density at radius 3 is 2.65 bits per heavy atom. The van der Waals surface area contributed by atoms with Crippen molar-refractivity contribution in [2.24, 2.45) is 0 Å². The predicted octanol–water partition coefficient (Wildman–Crippen LogP) is 1.05. The van der Waals surface area contributed by atoms with Crippen LogP contribution in [0.3, 0.4) is 0 Å². The zero-order valence-electron chi connectivity index (χ0n) is 10.8. The van der Waals surface area contributed by atoms with E-state index in [2.05, 4.69) is 15.9 Å². The number of ether oxygens (including phenoxy) is 2. The highest BCUT2D eigenvalue weighted by atomic mass is 79.9. The largest absolute Gasteiger partial charge is 0.452 e. The summed E-state index contributed by atoms with van der Waals surface area (Å²) in [6.07, 6.45) is 0. The number of nitrogen functional groups attached to an aromatic ring is 1. The summed E-state index contributed by atoms with van der Waals surface area (Å²) in [5, 5.41) is 0. The van der Waals surface area contributed by atoms with Crippen molar-refractivity contribution in [3.05, 3.63) is 28.2 Å². The molecule has 1 aromatic rings. The summed E-state index contributed by atoms with van der Waals surface area (Å²) in [5.41, 5.74) is 6.40. The highest BCUT2D eigenvalue weighted by Gasteiger charge is 2.19. The predicted molar refractivity (Wildman–Crippen MR) is 76.2 cm³/mol. The van der Waals surface area contributed by atoms with Crippen LogP contribution in [0.1, 0.15) is 10.4 Å². The Morgan fingerprint density at radius 2 is 2.00 bits per heavy atom. The first kappa shape index (κ1) is 14.8. The number of morpholine rings is 1. The topological polar surface area (TPSA) is 81.9 Å². The van der Waals surface area contributed by atoms with Gasteiger partial charge in [-0.1, -0.05) is 15.9 Å². The number of esters is 1. The maximum atomic E-state index is 11.8. The molecule has 0 radical (unpaired) electrons.